The van der Waals surface area contributed by atoms with E-state index in [4.69, 9.17) is 4.74 Å². The standard InChI is InChI=1S/C10H17FO2/c1-6(2)7-8(12)10(4-3-5-10)13-9(7)11/h6-9,12H,3-5H2,1-2H3. The Labute approximate surface area is 78.1 Å². The molecule has 2 fully saturated rings. The van der Waals surface area contributed by atoms with E-state index in [1.165, 1.54) is 0 Å². The summed E-state index contributed by atoms with van der Waals surface area (Å²) in [5.74, 6) is -0.190. The van der Waals surface area contributed by atoms with E-state index >= 15 is 0 Å². The first-order valence-electron chi connectivity index (χ1n) is 5.07. The number of ether oxygens (including phenoxy) is 1. The van der Waals surface area contributed by atoms with Crippen LogP contribution in [0, 0.1) is 11.8 Å². The lowest BCUT2D eigenvalue weighted by molar-refractivity contribution is -0.158. The van der Waals surface area contributed by atoms with Crippen LogP contribution in [0.3, 0.4) is 0 Å². The molecule has 1 saturated carbocycles. The van der Waals surface area contributed by atoms with Gasteiger partial charge in [-0.25, -0.2) is 4.39 Å². The predicted octanol–water partition coefficient (Wildman–Crippen LogP) is 1.87. The molecule has 2 aliphatic rings. The van der Waals surface area contributed by atoms with Crippen molar-refractivity contribution in [2.45, 2.75) is 51.2 Å². The van der Waals surface area contributed by atoms with E-state index in [0.717, 1.165) is 19.3 Å². The number of aliphatic hydroxyl groups excluding tert-OH is 1. The van der Waals surface area contributed by atoms with Crippen molar-refractivity contribution >= 4 is 0 Å². The monoisotopic (exact) mass is 188 g/mol. The summed E-state index contributed by atoms with van der Waals surface area (Å²) in [7, 11) is 0. The third-order valence-electron chi connectivity index (χ3n) is 3.52. The molecular weight excluding hydrogens is 171 g/mol. The van der Waals surface area contributed by atoms with Crippen LogP contribution in [0.15, 0.2) is 0 Å². The van der Waals surface area contributed by atoms with Crippen molar-refractivity contribution in [1.82, 2.24) is 0 Å². The van der Waals surface area contributed by atoms with Crippen molar-refractivity contribution in [3.63, 3.8) is 0 Å². The van der Waals surface area contributed by atoms with Crippen molar-refractivity contribution < 1.29 is 14.2 Å². The van der Waals surface area contributed by atoms with E-state index in [2.05, 4.69) is 0 Å². The molecule has 2 nitrogen and oxygen atoms in total. The molecule has 3 atom stereocenters. The molecule has 1 heterocycles. The van der Waals surface area contributed by atoms with Crippen molar-refractivity contribution in [1.29, 1.82) is 0 Å². The average Bonchev–Trinajstić information content (AvgIpc) is 2.21. The fraction of sp³-hybridized carbons (Fsp3) is 1.00. The first kappa shape index (κ1) is 9.41. The lowest BCUT2D eigenvalue weighted by atomic mass is 9.72. The highest BCUT2D eigenvalue weighted by Crippen LogP contribution is 2.50. The maximum Gasteiger partial charge on any atom is 0.205 e. The van der Waals surface area contributed by atoms with Crippen LogP contribution >= 0.6 is 0 Å². The lowest BCUT2D eigenvalue weighted by Gasteiger charge is -2.40. The summed E-state index contributed by atoms with van der Waals surface area (Å²) in [6.07, 6.45) is 0.816. The highest BCUT2D eigenvalue weighted by Gasteiger charge is 2.58. The Balaban J connectivity index is 2.14. The number of alkyl halides is 1. The minimum absolute atomic E-state index is 0.143. The zero-order chi connectivity index (χ0) is 9.64. The smallest absolute Gasteiger partial charge is 0.205 e. The minimum Gasteiger partial charge on any atom is -0.390 e. The van der Waals surface area contributed by atoms with Crippen molar-refractivity contribution in [2.24, 2.45) is 11.8 Å². The third-order valence-corrected chi connectivity index (χ3v) is 3.52. The second-order valence-electron chi connectivity index (χ2n) is 4.65. The number of aliphatic hydroxyl groups is 1. The van der Waals surface area contributed by atoms with E-state index in [-0.39, 0.29) is 11.8 Å². The summed E-state index contributed by atoms with van der Waals surface area (Å²) in [5, 5.41) is 9.94. The Hall–Kier alpha value is -0.150. The van der Waals surface area contributed by atoms with Gasteiger partial charge in [0.15, 0.2) is 0 Å². The zero-order valence-electron chi connectivity index (χ0n) is 8.16. The SMILES string of the molecule is CC(C)C1C(F)OC2(CCC2)C1O. The maximum atomic E-state index is 13.4. The number of hydrogen-bond acceptors (Lipinski definition) is 2. The molecule has 1 N–H and O–H groups in total. The third kappa shape index (κ3) is 1.21. The van der Waals surface area contributed by atoms with Gasteiger partial charge in [0.2, 0.25) is 6.36 Å². The van der Waals surface area contributed by atoms with Crippen LogP contribution in [0.5, 0.6) is 0 Å². The topological polar surface area (TPSA) is 29.5 Å². The van der Waals surface area contributed by atoms with Crippen LogP contribution in [0.4, 0.5) is 4.39 Å². The van der Waals surface area contributed by atoms with E-state index < -0.39 is 18.1 Å². The van der Waals surface area contributed by atoms with Gasteiger partial charge in [-0.15, -0.1) is 0 Å². The van der Waals surface area contributed by atoms with Gasteiger partial charge in [0.1, 0.15) is 0 Å². The molecule has 0 aromatic carbocycles. The molecule has 0 aromatic rings. The van der Waals surface area contributed by atoms with E-state index in [1.54, 1.807) is 0 Å². The summed E-state index contributed by atoms with van der Waals surface area (Å²) in [6, 6.07) is 0. The molecule has 1 spiro atoms. The van der Waals surface area contributed by atoms with Crippen molar-refractivity contribution in [3.05, 3.63) is 0 Å². The Kier molecular flexibility index (Phi) is 2.11. The van der Waals surface area contributed by atoms with Crippen LogP contribution in [-0.2, 0) is 4.74 Å². The minimum atomic E-state index is -1.27. The van der Waals surface area contributed by atoms with Crippen LogP contribution in [-0.4, -0.2) is 23.2 Å². The van der Waals surface area contributed by atoms with Crippen molar-refractivity contribution in [2.75, 3.05) is 0 Å². The Morgan fingerprint density at radius 3 is 2.31 bits per heavy atom. The summed E-state index contributed by atoms with van der Waals surface area (Å²) in [6.45, 7) is 3.86. The fourth-order valence-electron chi connectivity index (χ4n) is 2.47. The maximum absolute atomic E-state index is 13.4. The summed E-state index contributed by atoms with van der Waals surface area (Å²) < 4.78 is 18.7. The molecule has 76 valence electrons. The van der Waals surface area contributed by atoms with Crippen molar-refractivity contribution in [3.8, 4) is 0 Å². The van der Waals surface area contributed by atoms with Gasteiger partial charge in [-0.2, -0.15) is 0 Å². The molecule has 3 unspecified atom stereocenters. The molecule has 0 bridgehead atoms. The number of hydrogen-bond donors (Lipinski definition) is 1. The van der Waals surface area contributed by atoms with E-state index in [0.29, 0.717) is 0 Å². The first-order chi connectivity index (χ1) is 6.07. The molecule has 0 aromatic heterocycles. The van der Waals surface area contributed by atoms with Gasteiger partial charge in [-0.3, -0.25) is 0 Å². The molecule has 2 rings (SSSR count). The second-order valence-corrected chi connectivity index (χ2v) is 4.65. The van der Waals surface area contributed by atoms with Crippen LogP contribution in [0.25, 0.3) is 0 Å². The average molecular weight is 188 g/mol. The Morgan fingerprint density at radius 2 is 2.08 bits per heavy atom. The van der Waals surface area contributed by atoms with Gasteiger partial charge >= 0.3 is 0 Å². The summed E-state index contributed by atoms with van der Waals surface area (Å²) >= 11 is 0. The fourth-order valence-corrected chi connectivity index (χ4v) is 2.47. The molecule has 13 heavy (non-hydrogen) atoms. The highest BCUT2D eigenvalue weighted by atomic mass is 19.1. The van der Waals surface area contributed by atoms with Gasteiger partial charge < -0.3 is 9.84 Å². The molecule has 1 aliphatic carbocycles. The quantitative estimate of drug-likeness (QED) is 0.680. The van der Waals surface area contributed by atoms with Gasteiger partial charge in [0.25, 0.3) is 0 Å². The van der Waals surface area contributed by atoms with Gasteiger partial charge in [0.05, 0.1) is 11.7 Å². The Bertz CT molecular complexity index is 201. The van der Waals surface area contributed by atoms with Crippen LogP contribution < -0.4 is 0 Å². The Morgan fingerprint density at radius 1 is 1.46 bits per heavy atom. The predicted molar refractivity (Wildman–Crippen MR) is 46.9 cm³/mol. The summed E-state index contributed by atoms with van der Waals surface area (Å²) in [5.41, 5.74) is -0.519. The lowest BCUT2D eigenvalue weighted by Crippen LogP contribution is -2.47. The van der Waals surface area contributed by atoms with Gasteiger partial charge in [-0.05, 0) is 25.2 Å². The van der Waals surface area contributed by atoms with E-state index in [9.17, 15) is 9.50 Å². The second kappa shape index (κ2) is 2.92. The van der Waals surface area contributed by atoms with Gasteiger partial charge in [0, 0.05) is 5.92 Å². The number of halogens is 1. The normalized spacial score (nSPS) is 42.7. The van der Waals surface area contributed by atoms with Crippen LogP contribution in [0.2, 0.25) is 0 Å². The molecular formula is C10H17FO2. The first-order valence-corrected chi connectivity index (χ1v) is 5.07. The molecule has 0 radical (unpaired) electrons. The van der Waals surface area contributed by atoms with Gasteiger partial charge in [-0.1, -0.05) is 13.8 Å². The molecule has 0 amide bonds. The summed E-state index contributed by atoms with van der Waals surface area (Å²) in [4.78, 5) is 0. The molecule has 3 heteroatoms. The molecule has 1 saturated heterocycles. The molecule has 1 aliphatic heterocycles. The van der Waals surface area contributed by atoms with E-state index in [1.807, 2.05) is 13.8 Å². The largest absolute Gasteiger partial charge is 0.390 e. The van der Waals surface area contributed by atoms with Crippen LogP contribution in [0.1, 0.15) is 33.1 Å². The zero-order valence-corrected chi connectivity index (χ0v) is 8.16. The number of rotatable bonds is 1. The highest BCUT2D eigenvalue weighted by molar-refractivity contribution is 5.04.